The van der Waals surface area contributed by atoms with Crippen LogP contribution in [-0.2, 0) is 14.3 Å². The third kappa shape index (κ3) is 8.73. The van der Waals surface area contributed by atoms with Gasteiger partial charge in [-0.2, -0.15) is 12.6 Å². The average molecular weight is 466 g/mol. The van der Waals surface area contributed by atoms with Crippen molar-refractivity contribution < 1.29 is 19.1 Å². The number of hydrogen-bond acceptors (Lipinski definition) is 5. The molecule has 7 nitrogen and oxygen atoms in total. The summed E-state index contributed by atoms with van der Waals surface area (Å²) in [5.41, 5.74) is 1.07. The van der Waals surface area contributed by atoms with E-state index in [1.54, 1.807) is 20.8 Å². The maximum Gasteiger partial charge on any atom is 0.408 e. The monoisotopic (exact) mass is 465 g/mol. The van der Waals surface area contributed by atoms with E-state index in [1.807, 2.05) is 45.0 Å². The van der Waals surface area contributed by atoms with Crippen LogP contribution in [0.5, 0.6) is 0 Å². The van der Waals surface area contributed by atoms with Crippen LogP contribution in [0, 0.1) is 6.92 Å². The zero-order chi connectivity index (χ0) is 24.5. The SMILES string of the molecule is CCCC(C)NC(=O)C(c1ccc(C)cc1)N(CC)C(=O)C(CS)NC(=O)OC(C)(C)C. The first-order valence-electron chi connectivity index (χ1n) is 11.2. The van der Waals surface area contributed by atoms with Gasteiger partial charge in [0.1, 0.15) is 17.7 Å². The number of hydrogen-bond donors (Lipinski definition) is 3. The van der Waals surface area contributed by atoms with E-state index in [0.717, 1.165) is 18.4 Å². The number of nitrogens with one attached hydrogen (secondary N) is 2. The second-order valence-corrected chi connectivity index (χ2v) is 9.38. The molecule has 0 fully saturated rings. The minimum absolute atomic E-state index is 0.0187. The Kier molecular flexibility index (Phi) is 11.1. The molecule has 0 radical (unpaired) electrons. The molecule has 0 bridgehead atoms. The summed E-state index contributed by atoms with van der Waals surface area (Å²) in [5.74, 6) is -0.569. The fourth-order valence-electron chi connectivity index (χ4n) is 3.35. The van der Waals surface area contributed by atoms with Gasteiger partial charge in [0.05, 0.1) is 0 Å². The summed E-state index contributed by atoms with van der Waals surface area (Å²) in [6, 6.07) is 5.78. The number of amides is 3. The topological polar surface area (TPSA) is 87.7 Å². The molecule has 0 heterocycles. The van der Waals surface area contributed by atoms with Gasteiger partial charge in [-0.3, -0.25) is 9.59 Å². The van der Waals surface area contributed by atoms with Gasteiger partial charge in [0.25, 0.3) is 0 Å². The summed E-state index contributed by atoms with van der Waals surface area (Å²) < 4.78 is 5.28. The molecule has 1 rings (SSSR count). The quantitative estimate of drug-likeness (QED) is 0.456. The highest BCUT2D eigenvalue weighted by atomic mass is 32.1. The molecule has 8 heteroatoms. The molecule has 3 atom stereocenters. The molecule has 3 amide bonds. The summed E-state index contributed by atoms with van der Waals surface area (Å²) in [5, 5.41) is 5.62. The Morgan fingerprint density at radius 3 is 2.16 bits per heavy atom. The van der Waals surface area contributed by atoms with Crippen LogP contribution in [0.1, 0.15) is 71.6 Å². The molecule has 0 saturated carbocycles. The highest BCUT2D eigenvalue weighted by Gasteiger charge is 2.35. The van der Waals surface area contributed by atoms with E-state index < -0.39 is 29.7 Å². The van der Waals surface area contributed by atoms with Crippen molar-refractivity contribution in [1.82, 2.24) is 15.5 Å². The summed E-state index contributed by atoms with van der Waals surface area (Å²) in [4.78, 5) is 40.5. The van der Waals surface area contributed by atoms with Crippen LogP contribution in [0.2, 0.25) is 0 Å². The minimum Gasteiger partial charge on any atom is -0.444 e. The van der Waals surface area contributed by atoms with E-state index in [4.69, 9.17) is 4.74 Å². The zero-order valence-electron chi connectivity index (χ0n) is 20.4. The lowest BCUT2D eigenvalue weighted by atomic mass is 10.0. The van der Waals surface area contributed by atoms with Crippen molar-refractivity contribution in [2.45, 2.75) is 85.0 Å². The van der Waals surface area contributed by atoms with Crippen LogP contribution in [0.4, 0.5) is 4.79 Å². The minimum atomic E-state index is -0.929. The number of thiol groups is 1. The summed E-state index contributed by atoms with van der Waals surface area (Å²) in [6.07, 6.45) is 1.08. The van der Waals surface area contributed by atoms with E-state index in [-0.39, 0.29) is 24.2 Å². The van der Waals surface area contributed by atoms with E-state index in [0.29, 0.717) is 5.56 Å². The van der Waals surface area contributed by atoms with E-state index in [1.165, 1.54) is 4.90 Å². The second kappa shape index (κ2) is 12.7. The Hall–Kier alpha value is -2.22. The van der Waals surface area contributed by atoms with Crippen LogP contribution in [0.3, 0.4) is 0 Å². The molecule has 0 saturated heterocycles. The van der Waals surface area contributed by atoms with Crippen molar-refractivity contribution in [3.63, 3.8) is 0 Å². The number of benzene rings is 1. The Balaban J connectivity index is 3.22. The number of carbonyl (C=O) groups excluding carboxylic acids is 3. The molecule has 0 spiro atoms. The van der Waals surface area contributed by atoms with Crippen LogP contribution in [0.25, 0.3) is 0 Å². The first kappa shape index (κ1) is 27.8. The van der Waals surface area contributed by atoms with Gasteiger partial charge in [0.2, 0.25) is 11.8 Å². The van der Waals surface area contributed by atoms with Crippen molar-refractivity contribution in [2.75, 3.05) is 12.3 Å². The third-order valence-electron chi connectivity index (χ3n) is 4.86. The van der Waals surface area contributed by atoms with Gasteiger partial charge in [-0.05, 0) is 53.5 Å². The van der Waals surface area contributed by atoms with Gasteiger partial charge >= 0.3 is 6.09 Å². The summed E-state index contributed by atoms with van der Waals surface area (Å²) in [7, 11) is 0. The number of carbonyl (C=O) groups is 3. The smallest absolute Gasteiger partial charge is 0.408 e. The summed E-state index contributed by atoms with van der Waals surface area (Å²) in [6.45, 7) is 13.3. The van der Waals surface area contributed by atoms with Crippen LogP contribution in [0.15, 0.2) is 24.3 Å². The van der Waals surface area contributed by atoms with Gasteiger partial charge < -0.3 is 20.3 Å². The Labute approximate surface area is 198 Å². The van der Waals surface area contributed by atoms with Crippen molar-refractivity contribution in [1.29, 1.82) is 0 Å². The Morgan fingerprint density at radius 1 is 1.09 bits per heavy atom. The lowest BCUT2D eigenvalue weighted by Gasteiger charge is -2.34. The lowest BCUT2D eigenvalue weighted by Crippen LogP contribution is -2.54. The maximum absolute atomic E-state index is 13.4. The first-order chi connectivity index (χ1) is 14.9. The van der Waals surface area contributed by atoms with Gasteiger partial charge in [-0.15, -0.1) is 0 Å². The molecule has 180 valence electrons. The largest absolute Gasteiger partial charge is 0.444 e. The fourth-order valence-corrected chi connectivity index (χ4v) is 3.60. The maximum atomic E-state index is 13.4. The molecule has 0 aliphatic heterocycles. The number of nitrogens with zero attached hydrogens (tertiary/aromatic N) is 1. The highest BCUT2D eigenvalue weighted by Crippen LogP contribution is 2.23. The van der Waals surface area contributed by atoms with Gasteiger partial charge in [0.15, 0.2) is 0 Å². The summed E-state index contributed by atoms with van der Waals surface area (Å²) >= 11 is 4.26. The predicted octanol–water partition coefficient (Wildman–Crippen LogP) is 4.01. The van der Waals surface area contributed by atoms with E-state index >= 15 is 0 Å². The first-order valence-corrected chi connectivity index (χ1v) is 11.8. The van der Waals surface area contributed by atoms with Crippen molar-refractivity contribution in [2.24, 2.45) is 0 Å². The predicted molar refractivity (Wildman–Crippen MR) is 131 cm³/mol. The fraction of sp³-hybridized carbons (Fsp3) is 0.625. The standard InChI is InChI=1S/C24H39N3O4S/c1-8-10-17(4)25-21(28)20(18-13-11-16(3)12-14-18)27(9-2)22(29)19(15-32)26-23(30)31-24(5,6)7/h11-14,17,19-20,32H,8-10,15H2,1-7H3,(H,25,28)(H,26,30). The zero-order valence-corrected chi connectivity index (χ0v) is 21.3. The third-order valence-corrected chi connectivity index (χ3v) is 5.22. The van der Waals surface area contributed by atoms with Gasteiger partial charge in [-0.25, -0.2) is 4.79 Å². The average Bonchev–Trinajstić information content (AvgIpc) is 2.69. The van der Waals surface area contributed by atoms with Crippen LogP contribution >= 0.6 is 12.6 Å². The second-order valence-electron chi connectivity index (χ2n) is 9.02. The molecule has 3 unspecified atom stereocenters. The molecule has 2 N–H and O–H groups in total. The molecule has 1 aromatic rings. The normalized spacial score (nSPS) is 14.1. The highest BCUT2D eigenvalue weighted by molar-refractivity contribution is 7.80. The van der Waals surface area contributed by atoms with Crippen molar-refractivity contribution in [3.8, 4) is 0 Å². The number of aryl methyl sites for hydroxylation is 1. The molecule has 0 aliphatic rings. The van der Waals surface area contributed by atoms with E-state index in [2.05, 4.69) is 30.2 Å². The number of alkyl carbamates (subject to hydrolysis) is 1. The molecular formula is C24H39N3O4S. The molecule has 0 aliphatic carbocycles. The number of ether oxygens (including phenoxy) is 1. The molecule has 32 heavy (non-hydrogen) atoms. The van der Waals surface area contributed by atoms with Crippen LogP contribution in [-0.4, -0.2) is 52.8 Å². The Bertz CT molecular complexity index is 762. The molecule has 1 aromatic carbocycles. The van der Waals surface area contributed by atoms with Gasteiger partial charge in [0, 0.05) is 18.3 Å². The lowest BCUT2D eigenvalue weighted by molar-refractivity contribution is -0.142. The van der Waals surface area contributed by atoms with Crippen LogP contribution < -0.4 is 10.6 Å². The van der Waals surface area contributed by atoms with E-state index in [9.17, 15) is 14.4 Å². The Morgan fingerprint density at radius 2 is 1.69 bits per heavy atom. The number of rotatable bonds is 10. The molecular weight excluding hydrogens is 426 g/mol. The van der Waals surface area contributed by atoms with Gasteiger partial charge in [-0.1, -0.05) is 43.2 Å². The number of likely N-dealkylation sites (N-methyl/N-ethyl adjacent to an activating group) is 1. The van der Waals surface area contributed by atoms with Crippen molar-refractivity contribution >= 4 is 30.5 Å². The van der Waals surface area contributed by atoms with Crippen molar-refractivity contribution in [3.05, 3.63) is 35.4 Å². The molecule has 0 aromatic heterocycles.